The molecule has 0 N–H and O–H groups in total. The van der Waals surface area contributed by atoms with E-state index in [1.807, 2.05) is 0 Å². The van der Waals surface area contributed by atoms with Crippen molar-refractivity contribution < 1.29 is 0 Å². The number of anilines is 9. The van der Waals surface area contributed by atoms with Gasteiger partial charge in [0.2, 0.25) is 0 Å². The van der Waals surface area contributed by atoms with Crippen LogP contribution in [-0.2, 0) is 27.1 Å². The van der Waals surface area contributed by atoms with Crippen LogP contribution in [0.15, 0.2) is 194 Å². The molecule has 12 rings (SSSR count). The molecule has 0 radical (unpaired) electrons. The van der Waals surface area contributed by atoms with E-state index in [0.717, 1.165) is 28.4 Å². The lowest BCUT2D eigenvalue weighted by Crippen LogP contribution is -2.61. The van der Waals surface area contributed by atoms with E-state index in [9.17, 15) is 0 Å². The molecule has 5 heteroatoms. The lowest BCUT2D eigenvalue weighted by molar-refractivity contribution is 0.589. The minimum Gasteiger partial charge on any atom is -0.311 e. The fourth-order valence-corrected chi connectivity index (χ4v) is 12.3. The highest BCUT2D eigenvalue weighted by molar-refractivity contribution is 7.00. The zero-order valence-electron chi connectivity index (χ0n) is 49.3. The molecule has 10 aromatic rings. The molecule has 396 valence electrons. The zero-order chi connectivity index (χ0) is 55.7. The summed E-state index contributed by atoms with van der Waals surface area (Å²) in [6.07, 6.45) is 0. The lowest BCUT2D eigenvalue weighted by atomic mass is 9.33. The minimum atomic E-state index is -0.156. The third-order valence-corrected chi connectivity index (χ3v) is 16.9. The van der Waals surface area contributed by atoms with Crippen molar-refractivity contribution in [3.63, 3.8) is 0 Å². The van der Waals surface area contributed by atoms with Crippen molar-refractivity contribution in [1.82, 2.24) is 4.57 Å². The monoisotopic (exact) mass is 1030 g/mol. The molecule has 2 aliphatic rings. The summed E-state index contributed by atoms with van der Waals surface area (Å²) < 4.78 is 2.43. The van der Waals surface area contributed by atoms with Gasteiger partial charge in [-0.25, -0.2) is 0 Å². The third kappa shape index (κ3) is 9.04. The first-order valence-electron chi connectivity index (χ1n) is 28.6. The predicted molar refractivity (Wildman–Crippen MR) is 343 cm³/mol. The van der Waals surface area contributed by atoms with Gasteiger partial charge < -0.3 is 19.3 Å². The van der Waals surface area contributed by atoms with Crippen LogP contribution in [0, 0.1) is 0 Å². The standard InChI is InChI=1S/C74H77BN4/c1-70(2,3)48-25-32-54(33-26-48)76(57-38-40-60-59-23-19-20-24-63(59)77(64(60)46-57)53-21-17-16-18-22-53)58-39-42-62-66(47-58)79(56-36-29-50(30-37-56)72(7,8)9)68-45-52(74(13,14)15)44-67-69(68)75(62)61-41-31-51(73(10,11)12)43-65(61)78(67)55-34-27-49(28-35-55)71(4,5)6/h16-47H,1-15H3. The minimum absolute atomic E-state index is 0.00128. The molecule has 0 spiro atoms. The van der Waals surface area contributed by atoms with Gasteiger partial charge in [0.15, 0.2) is 0 Å². The normalized spacial score (nSPS) is 13.7. The van der Waals surface area contributed by atoms with Crippen molar-refractivity contribution in [3.8, 4) is 5.69 Å². The number of nitrogens with zero attached hydrogens (tertiary/aromatic N) is 4. The van der Waals surface area contributed by atoms with Crippen molar-refractivity contribution in [2.45, 2.75) is 131 Å². The van der Waals surface area contributed by atoms with Gasteiger partial charge in [-0.1, -0.05) is 201 Å². The van der Waals surface area contributed by atoms with E-state index < -0.39 is 0 Å². The highest BCUT2D eigenvalue weighted by Crippen LogP contribution is 2.49. The first-order chi connectivity index (χ1) is 37.3. The maximum absolute atomic E-state index is 2.60. The van der Waals surface area contributed by atoms with Gasteiger partial charge in [0, 0.05) is 67.6 Å². The Hall–Kier alpha value is -7.76. The van der Waals surface area contributed by atoms with Gasteiger partial charge in [-0.15, -0.1) is 0 Å². The zero-order valence-corrected chi connectivity index (χ0v) is 49.3. The first-order valence-corrected chi connectivity index (χ1v) is 28.6. The summed E-state index contributed by atoms with van der Waals surface area (Å²) in [6.45, 7) is 34.8. The molecule has 0 amide bonds. The molecule has 0 aliphatic carbocycles. The Morgan fingerprint density at radius 3 is 1.24 bits per heavy atom. The summed E-state index contributed by atoms with van der Waals surface area (Å²) in [5.41, 5.74) is 24.3. The maximum Gasteiger partial charge on any atom is 0.252 e. The maximum atomic E-state index is 2.60. The number of hydrogen-bond acceptors (Lipinski definition) is 3. The van der Waals surface area contributed by atoms with E-state index in [1.165, 1.54) is 94.4 Å². The second kappa shape index (κ2) is 18.4. The molecule has 0 saturated carbocycles. The molecular formula is C74H77BN4. The number of aromatic nitrogens is 1. The van der Waals surface area contributed by atoms with E-state index in [1.54, 1.807) is 0 Å². The summed E-state index contributed by atoms with van der Waals surface area (Å²) in [6, 6.07) is 74.6. The average Bonchev–Trinajstić information content (AvgIpc) is 3.02. The van der Waals surface area contributed by atoms with Crippen molar-refractivity contribution in [1.29, 1.82) is 0 Å². The van der Waals surface area contributed by atoms with E-state index in [4.69, 9.17) is 0 Å². The highest BCUT2D eigenvalue weighted by Gasteiger charge is 2.45. The molecule has 9 aromatic carbocycles. The number of hydrogen-bond donors (Lipinski definition) is 0. The largest absolute Gasteiger partial charge is 0.311 e. The summed E-state index contributed by atoms with van der Waals surface area (Å²) in [7, 11) is 0. The molecule has 79 heavy (non-hydrogen) atoms. The predicted octanol–water partition coefficient (Wildman–Crippen LogP) is 18.8. The summed E-state index contributed by atoms with van der Waals surface area (Å²) in [4.78, 5) is 7.68. The Labute approximate surface area is 471 Å². The van der Waals surface area contributed by atoms with E-state index in [2.05, 4.69) is 317 Å². The topological polar surface area (TPSA) is 14.7 Å². The van der Waals surface area contributed by atoms with Crippen molar-refractivity contribution in [3.05, 3.63) is 222 Å². The second-order valence-corrected chi connectivity index (χ2v) is 27.7. The third-order valence-electron chi connectivity index (χ3n) is 16.9. The molecule has 1 aromatic heterocycles. The Morgan fingerprint density at radius 1 is 0.304 bits per heavy atom. The van der Waals surface area contributed by atoms with Crippen LogP contribution in [0.1, 0.15) is 132 Å². The summed E-state index contributed by atoms with van der Waals surface area (Å²) >= 11 is 0. The van der Waals surface area contributed by atoms with Gasteiger partial charge in [-0.3, -0.25) is 0 Å². The molecule has 2 aliphatic heterocycles. The fourth-order valence-electron chi connectivity index (χ4n) is 12.3. The van der Waals surface area contributed by atoms with Crippen LogP contribution in [0.3, 0.4) is 0 Å². The van der Waals surface area contributed by atoms with Crippen LogP contribution in [-0.4, -0.2) is 11.3 Å². The van der Waals surface area contributed by atoms with E-state index in [-0.39, 0.29) is 33.8 Å². The van der Waals surface area contributed by atoms with Crippen LogP contribution in [0.25, 0.3) is 27.5 Å². The molecule has 0 unspecified atom stereocenters. The Morgan fingerprint density at radius 2 is 0.709 bits per heavy atom. The molecule has 3 heterocycles. The van der Waals surface area contributed by atoms with Crippen LogP contribution >= 0.6 is 0 Å². The SMILES string of the molecule is CC(C)(C)c1ccc(N(c2ccc3c(c2)N(c2ccc(C(C)(C)C)cc2)c2cc(C(C)(C)C)cc4c2B3c2ccc(C(C)(C)C)cc2N4c2ccc(C(C)(C)C)cc2)c2ccc3c4ccccc4n(-c4ccccc4)c3c2)cc1. The molecule has 0 bridgehead atoms. The quantitative estimate of drug-likeness (QED) is 0.154. The molecule has 4 nitrogen and oxygen atoms in total. The fraction of sp³-hybridized carbons (Fsp3) is 0.270. The van der Waals surface area contributed by atoms with Gasteiger partial charge in [-0.05, 0) is 168 Å². The van der Waals surface area contributed by atoms with Crippen LogP contribution in [0.4, 0.5) is 51.2 Å². The van der Waals surface area contributed by atoms with E-state index >= 15 is 0 Å². The number of benzene rings is 9. The Kier molecular flexibility index (Phi) is 12.1. The Balaban J connectivity index is 1.15. The highest BCUT2D eigenvalue weighted by atomic mass is 15.2. The average molecular weight is 1030 g/mol. The molecule has 0 saturated heterocycles. The van der Waals surface area contributed by atoms with Crippen LogP contribution in [0.2, 0.25) is 0 Å². The van der Waals surface area contributed by atoms with Crippen molar-refractivity contribution in [2.24, 2.45) is 0 Å². The van der Waals surface area contributed by atoms with Gasteiger partial charge in [-0.2, -0.15) is 0 Å². The van der Waals surface area contributed by atoms with Crippen molar-refractivity contribution in [2.75, 3.05) is 14.7 Å². The number of para-hydroxylation sites is 2. The number of rotatable bonds is 6. The smallest absolute Gasteiger partial charge is 0.252 e. The molecule has 0 atom stereocenters. The van der Waals surface area contributed by atoms with Gasteiger partial charge in [0.05, 0.1) is 11.0 Å². The number of fused-ring (bicyclic) bond motifs is 7. The first kappa shape index (κ1) is 52.0. The van der Waals surface area contributed by atoms with Gasteiger partial charge in [0.25, 0.3) is 6.71 Å². The Bertz CT molecular complexity index is 3960. The summed E-state index contributed by atoms with van der Waals surface area (Å²) in [5.74, 6) is 0. The van der Waals surface area contributed by atoms with E-state index in [0.29, 0.717) is 0 Å². The van der Waals surface area contributed by atoms with Gasteiger partial charge >= 0.3 is 0 Å². The summed E-state index contributed by atoms with van der Waals surface area (Å²) in [5, 5.41) is 2.47. The van der Waals surface area contributed by atoms with Crippen LogP contribution in [0.5, 0.6) is 0 Å². The molecular weight excluding hydrogens is 956 g/mol. The second-order valence-electron chi connectivity index (χ2n) is 27.7. The molecule has 0 fully saturated rings. The van der Waals surface area contributed by atoms with Gasteiger partial charge in [0.1, 0.15) is 0 Å². The van der Waals surface area contributed by atoms with Crippen molar-refractivity contribution >= 4 is 96.1 Å². The lowest BCUT2D eigenvalue weighted by Gasteiger charge is -2.45. The van der Waals surface area contributed by atoms with Crippen LogP contribution < -0.4 is 31.1 Å².